The molecule has 7 heteroatoms. The van der Waals surface area contributed by atoms with Crippen molar-refractivity contribution in [2.24, 2.45) is 0 Å². The number of aromatic amines is 1. The third-order valence-corrected chi connectivity index (χ3v) is 3.54. The van der Waals surface area contributed by atoms with E-state index in [0.717, 1.165) is 0 Å². The lowest BCUT2D eigenvalue weighted by atomic mass is 10.0. The predicted octanol–water partition coefficient (Wildman–Crippen LogP) is 4.97. The van der Waals surface area contributed by atoms with Gasteiger partial charge in [0.2, 0.25) is 5.95 Å². The normalized spacial score (nSPS) is 10.7. The van der Waals surface area contributed by atoms with Crippen molar-refractivity contribution in [2.45, 2.75) is 6.92 Å². The number of hydrogen-bond acceptors (Lipinski definition) is 3. The monoisotopic (exact) mass is 336 g/mol. The second-order valence-corrected chi connectivity index (χ2v) is 5.54. The summed E-state index contributed by atoms with van der Waals surface area (Å²) in [6.45, 7) is 1.77. The van der Waals surface area contributed by atoms with Gasteiger partial charge in [0, 0.05) is 16.3 Å². The van der Waals surface area contributed by atoms with Crippen LogP contribution in [0, 0.1) is 12.7 Å². The fourth-order valence-corrected chi connectivity index (χ4v) is 2.60. The van der Waals surface area contributed by atoms with E-state index in [4.69, 9.17) is 23.2 Å². The van der Waals surface area contributed by atoms with Gasteiger partial charge in [0.05, 0.1) is 5.02 Å². The van der Waals surface area contributed by atoms with Gasteiger partial charge in [-0.3, -0.25) is 5.10 Å². The van der Waals surface area contributed by atoms with E-state index in [1.165, 1.54) is 6.07 Å². The Balaban J connectivity index is 1.98. The predicted molar refractivity (Wildman–Crippen MR) is 86.3 cm³/mol. The van der Waals surface area contributed by atoms with E-state index in [2.05, 4.69) is 20.5 Å². The number of anilines is 2. The highest BCUT2D eigenvalue weighted by atomic mass is 35.5. The van der Waals surface area contributed by atoms with Crippen molar-refractivity contribution in [2.75, 3.05) is 5.32 Å². The van der Waals surface area contributed by atoms with Crippen LogP contribution in [0.1, 0.15) is 5.82 Å². The van der Waals surface area contributed by atoms with E-state index in [9.17, 15) is 4.39 Å². The Morgan fingerprint density at radius 3 is 2.64 bits per heavy atom. The minimum Gasteiger partial charge on any atom is -0.323 e. The van der Waals surface area contributed by atoms with Gasteiger partial charge in [-0.05, 0) is 36.8 Å². The standard InChI is InChI=1S/C15H11Cl2FN4/c1-8-19-15(22-21-8)20-11-6-12(17)14(13(18)7-11)9-3-2-4-10(16)5-9/h2-7H,1H3,(H2,19,20,21,22). The molecule has 0 radical (unpaired) electrons. The van der Waals surface area contributed by atoms with Crippen LogP contribution in [0.25, 0.3) is 11.1 Å². The topological polar surface area (TPSA) is 53.6 Å². The molecule has 0 aliphatic heterocycles. The molecule has 0 fully saturated rings. The van der Waals surface area contributed by atoms with Crippen molar-refractivity contribution >= 4 is 34.8 Å². The van der Waals surface area contributed by atoms with Crippen LogP contribution >= 0.6 is 23.2 Å². The molecule has 0 aliphatic carbocycles. The minimum absolute atomic E-state index is 0.275. The van der Waals surface area contributed by atoms with Crippen LogP contribution in [0.15, 0.2) is 36.4 Å². The Bertz CT molecular complexity index is 809. The lowest BCUT2D eigenvalue weighted by Gasteiger charge is -2.10. The molecular weight excluding hydrogens is 326 g/mol. The summed E-state index contributed by atoms with van der Waals surface area (Å²) in [5.74, 6) is 0.553. The Hall–Kier alpha value is -2.11. The first-order valence-electron chi connectivity index (χ1n) is 6.44. The summed E-state index contributed by atoms with van der Waals surface area (Å²) in [6, 6.07) is 9.84. The number of H-pyrrole nitrogens is 1. The van der Waals surface area contributed by atoms with Crippen LogP contribution < -0.4 is 5.32 Å². The van der Waals surface area contributed by atoms with Crippen molar-refractivity contribution in [3.05, 3.63) is 58.1 Å². The number of nitrogens with one attached hydrogen (secondary N) is 2. The van der Waals surface area contributed by atoms with Gasteiger partial charge >= 0.3 is 0 Å². The van der Waals surface area contributed by atoms with Gasteiger partial charge < -0.3 is 5.32 Å². The summed E-state index contributed by atoms with van der Waals surface area (Å²) >= 11 is 12.2. The Kier molecular flexibility index (Phi) is 4.00. The van der Waals surface area contributed by atoms with E-state index in [1.54, 1.807) is 37.3 Å². The highest BCUT2D eigenvalue weighted by Crippen LogP contribution is 2.34. The zero-order chi connectivity index (χ0) is 15.7. The zero-order valence-electron chi connectivity index (χ0n) is 11.5. The number of aromatic nitrogens is 3. The maximum atomic E-state index is 14.4. The summed E-state index contributed by atoms with van der Waals surface area (Å²) in [4.78, 5) is 4.10. The fraction of sp³-hybridized carbons (Fsp3) is 0.0667. The van der Waals surface area contributed by atoms with Gasteiger partial charge in [0.25, 0.3) is 0 Å². The van der Waals surface area contributed by atoms with Gasteiger partial charge in [-0.2, -0.15) is 4.98 Å². The average Bonchev–Trinajstić information content (AvgIpc) is 2.83. The van der Waals surface area contributed by atoms with Gasteiger partial charge in [0.1, 0.15) is 11.6 Å². The molecular formula is C15H11Cl2FN4. The molecule has 22 heavy (non-hydrogen) atoms. The second-order valence-electron chi connectivity index (χ2n) is 4.69. The highest BCUT2D eigenvalue weighted by molar-refractivity contribution is 6.34. The van der Waals surface area contributed by atoms with Crippen molar-refractivity contribution < 1.29 is 4.39 Å². The molecule has 0 atom stereocenters. The third-order valence-electron chi connectivity index (χ3n) is 3.01. The van der Waals surface area contributed by atoms with E-state index >= 15 is 0 Å². The molecule has 0 spiro atoms. The summed E-state index contributed by atoms with van der Waals surface area (Å²) < 4.78 is 14.4. The van der Waals surface area contributed by atoms with Crippen LogP contribution in [0.5, 0.6) is 0 Å². The Labute approximate surface area is 136 Å². The number of nitrogens with zero attached hydrogens (tertiary/aromatic N) is 2. The minimum atomic E-state index is -0.454. The largest absolute Gasteiger partial charge is 0.323 e. The maximum absolute atomic E-state index is 14.4. The first-order valence-corrected chi connectivity index (χ1v) is 7.19. The summed E-state index contributed by atoms with van der Waals surface area (Å²) in [5, 5.41) is 10.3. The molecule has 2 aromatic carbocycles. The van der Waals surface area contributed by atoms with Crippen LogP contribution in [-0.2, 0) is 0 Å². The molecule has 3 aromatic rings. The van der Waals surface area contributed by atoms with Gasteiger partial charge in [-0.15, -0.1) is 5.10 Å². The summed E-state index contributed by atoms with van der Waals surface area (Å²) in [5.41, 5.74) is 1.39. The number of benzene rings is 2. The van der Waals surface area contributed by atoms with Gasteiger partial charge in [0.15, 0.2) is 0 Å². The zero-order valence-corrected chi connectivity index (χ0v) is 13.0. The van der Waals surface area contributed by atoms with Crippen molar-refractivity contribution in [3.8, 4) is 11.1 Å². The van der Waals surface area contributed by atoms with Crippen molar-refractivity contribution in [1.82, 2.24) is 15.2 Å². The molecule has 1 heterocycles. The molecule has 112 valence electrons. The SMILES string of the molecule is Cc1nc(Nc2cc(F)c(-c3cccc(Cl)c3)c(Cl)c2)n[nH]1. The lowest BCUT2D eigenvalue weighted by molar-refractivity contribution is 0.632. The molecule has 2 N–H and O–H groups in total. The number of halogens is 3. The third kappa shape index (κ3) is 3.05. The smallest absolute Gasteiger partial charge is 0.246 e. The molecule has 0 unspecified atom stereocenters. The van der Waals surface area contributed by atoms with Crippen molar-refractivity contribution in [1.29, 1.82) is 0 Å². The molecule has 0 saturated carbocycles. The van der Waals surface area contributed by atoms with Crippen LogP contribution in [0.4, 0.5) is 16.0 Å². The van der Waals surface area contributed by atoms with Gasteiger partial charge in [-0.1, -0.05) is 35.3 Å². The average molecular weight is 337 g/mol. The molecule has 4 nitrogen and oxygen atoms in total. The molecule has 3 rings (SSSR count). The number of hydrogen-bond donors (Lipinski definition) is 2. The Morgan fingerprint density at radius 1 is 1.18 bits per heavy atom. The first-order chi connectivity index (χ1) is 10.5. The van der Waals surface area contributed by atoms with Crippen LogP contribution in [0.3, 0.4) is 0 Å². The first kappa shape index (κ1) is 14.8. The summed E-state index contributed by atoms with van der Waals surface area (Å²) in [6.07, 6.45) is 0. The van der Waals surface area contributed by atoms with Crippen LogP contribution in [0.2, 0.25) is 10.0 Å². The molecule has 1 aromatic heterocycles. The van der Waals surface area contributed by atoms with Crippen molar-refractivity contribution in [3.63, 3.8) is 0 Å². The molecule has 0 saturated heterocycles. The van der Waals surface area contributed by atoms with Crippen LogP contribution in [-0.4, -0.2) is 15.2 Å². The van der Waals surface area contributed by atoms with E-state index in [1.807, 2.05) is 0 Å². The molecule has 0 bridgehead atoms. The van der Waals surface area contributed by atoms with E-state index < -0.39 is 5.82 Å². The number of aryl methyl sites for hydroxylation is 1. The lowest BCUT2D eigenvalue weighted by Crippen LogP contribution is -1.95. The molecule has 0 amide bonds. The quantitative estimate of drug-likeness (QED) is 0.709. The van der Waals surface area contributed by atoms with Gasteiger partial charge in [-0.25, -0.2) is 4.39 Å². The number of rotatable bonds is 3. The Morgan fingerprint density at radius 2 is 2.00 bits per heavy atom. The fourth-order valence-electron chi connectivity index (χ4n) is 2.09. The van der Waals surface area contributed by atoms with E-state index in [-0.39, 0.29) is 5.02 Å². The van der Waals surface area contributed by atoms with E-state index in [0.29, 0.717) is 33.6 Å². The molecule has 0 aliphatic rings. The highest BCUT2D eigenvalue weighted by Gasteiger charge is 2.13. The second kappa shape index (κ2) is 5.94. The maximum Gasteiger partial charge on any atom is 0.246 e. The summed E-state index contributed by atoms with van der Waals surface area (Å²) in [7, 11) is 0.